The van der Waals surface area contributed by atoms with Gasteiger partial charge in [-0.2, -0.15) is 0 Å². The summed E-state index contributed by atoms with van der Waals surface area (Å²) in [7, 11) is 1.61. The Balaban J connectivity index is 2.56. The molecule has 0 aromatic heterocycles. The van der Waals surface area contributed by atoms with Gasteiger partial charge in [0.25, 0.3) is 0 Å². The average molecular weight is 222 g/mol. The lowest BCUT2D eigenvalue weighted by Crippen LogP contribution is -2.20. The summed E-state index contributed by atoms with van der Waals surface area (Å²) in [6.45, 7) is 2.27. The second-order valence-corrected chi connectivity index (χ2v) is 3.60. The molecular weight excluding hydrogens is 204 g/mol. The van der Waals surface area contributed by atoms with Crippen LogP contribution in [0.5, 0.6) is 5.75 Å². The van der Waals surface area contributed by atoms with Gasteiger partial charge in [-0.3, -0.25) is 4.79 Å². The van der Waals surface area contributed by atoms with Crippen LogP contribution in [0.4, 0.5) is 0 Å². The van der Waals surface area contributed by atoms with Gasteiger partial charge in [-0.05, 0) is 13.0 Å². The highest BCUT2D eigenvalue weighted by molar-refractivity contribution is 5.75. The molecule has 0 aliphatic heterocycles. The van der Waals surface area contributed by atoms with Gasteiger partial charge in [0.2, 0.25) is 5.91 Å². The average Bonchev–Trinajstić information content (AvgIpc) is 2.29. The van der Waals surface area contributed by atoms with E-state index in [0.29, 0.717) is 13.0 Å². The molecule has 1 atom stereocenters. The Labute approximate surface area is 95.8 Å². The molecule has 0 aliphatic carbocycles. The molecule has 88 valence electrons. The highest BCUT2D eigenvalue weighted by atomic mass is 16.5. The minimum Gasteiger partial charge on any atom is -0.493 e. The maximum atomic E-state index is 11.0. The first-order valence-corrected chi connectivity index (χ1v) is 5.33. The van der Waals surface area contributed by atoms with Gasteiger partial charge >= 0.3 is 0 Å². The van der Waals surface area contributed by atoms with Crippen molar-refractivity contribution in [3.8, 4) is 5.75 Å². The summed E-state index contributed by atoms with van der Waals surface area (Å²) < 4.78 is 5.53. The van der Waals surface area contributed by atoms with Crippen molar-refractivity contribution in [2.24, 2.45) is 5.73 Å². The van der Waals surface area contributed by atoms with Crippen molar-refractivity contribution < 1.29 is 9.53 Å². The van der Waals surface area contributed by atoms with Crippen LogP contribution in [-0.2, 0) is 4.79 Å². The number of carbonyl (C=O) groups excluding carboxylic acids is 1. The molecular formula is C12H18N2O2. The van der Waals surface area contributed by atoms with Gasteiger partial charge < -0.3 is 15.8 Å². The quantitative estimate of drug-likeness (QED) is 0.787. The van der Waals surface area contributed by atoms with Crippen molar-refractivity contribution in [1.29, 1.82) is 0 Å². The fourth-order valence-electron chi connectivity index (χ4n) is 1.37. The van der Waals surface area contributed by atoms with Gasteiger partial charge in [-0.1, -0.05) is 18.2 Å². The highest BCUT2D eigenvalue weighted by Crippen LogP contribution is 2.23. The fourth-order valence-corrected chi connectivity index (χ4v) is 1.37. The third kappa shape index (κ3) is 3.55. The van der Waals surface area contributed by atoms with Crippen molar-refractivity contribution in [2.45, 2.75) is 19.4 Å². The van der Waals surface area contributed by atoms with E-state index in [9.17, 15) is 4.79 Å². The van der Waals surface area contributed by atoms with E-state index >= 15 is 0 Å². The zero-order valence-electron chi connectivity index (χ0n) is 9.69. The van der Waals surface area contributed by atoms with Crippen molar-refractivity contribution in [3.05, 3.63) is 29.8 Å². The number of ether oxygens (including phenoxy) is 1. The minimum atomic E-state index is -0.0730. The van der Waals surface area contributed by atoms with E-state index in [4.69, 9.17) is 10.5 Å². The first-order chi connectivity index (χ1) is 7.65. The number of amides is 1. The van der Waals surface area contributed by atoms with E-state index in [1.165, 1.54) is 0 Å². The molecule has 1 rings (SSSR count). The highest BCUT2D eigenvalue weighted by Gasteiger charge is 2.07. The van der Waals surface area contributed by atoms with E-state index in [2.05, 4.69) is 5.32 Å². The Morgan fingerprint density at radius 2 is 2.19 bits per heavy atom. The van der Waals surface area contributed by atoms with Gasteiger partial charge in [-0.25, -0.2) is 0 Å². The molecule has 3 N–H and O–H groups in total. The molecule has 1 aromatic rings. The van der Waals surface area contributed by atoms with Crippen molar-refractivity contribution >= 4 is 5.91 Å². The van der Waals surface area contributed by atoms with Crippen LogP contribution >= 0.6 is 0 Å². The largest absolute Gasteiger partial charge is 0.493 e. The Kier molecular flexibility index (Phi) is 4.79. The predicted molar refractivity (Wildman–Crippen MR) is 63.2 cm³/mol. The molecule has 0 saturated heterocycles. The van der Waals surface area contributed by atoms with E-state index in [-0.39, 0.29) is 11.9 Å². The monoisotopic (exact) mass is 222 g/mol. The van der Waals surface area contributed by atoms with E-state index in [0.717, 1.165) is 11.3 Å². The summed E-state index contributed by atoms with van der Waals surface area (Å²) in [5, 5.41) is 2.54. The number of benzene rings is 1. The van der Waals surface area contributed by atoms with Crippen LogP contribution in [0.25, 0.3) is 0 Å². The lowest BCUT2D eigenvalue weighted by atomic mass is 10.1. The van der Waals surface area contributed by atoms with Gasteiger partial charge in [0.15, 0.2) is 0 Å². The summed E-state index contributed by atoms with van der Waals surface area (Å²) in [6.07, 6.45) is 0.351. The topological polar surface area (TPSA) is 64.3 Å². The zero-order valence-corrected chi connectivity index (χ0v) is 9.69. The number of hydrogen-bond acceptors (Lipinski definition) is 3. The number of nitrogens with two attached hydrogens (primary N) is 1. The zero-order chi connectivity index (χ0) is 12.0. The smallest absolute Gasteiger partial charge is 0.223 e. The van der Waals surface area contributed by atoms with Crippen LogP contribution in [0.15, 0.2) is 24.3 Å². The molecule has 4 nitrogen and oxygen atoms in total. The lowest BCUT2D eigenvalue weighted by Gasteiger charge is -2.13. The third-order valence-electron chi connectivity index (χ3n) is 2.28. The molecule has 0 radical (unpaired) electrons. The summed E-state index contributed by atoms with van der Waals surface area (Å²) in [6, 6.07) is 7.53. The Morgan fingerprint density at radius 1 is 1.50 bits per heavy atom. The van der Waals surface area contributed by atoms with Gasteiger partial charge in [0, 0.05) is 18.7 Å². The van der Waals surface area contributed by atoms with Crippen molar-refractivity contribution in [3.63, 3.8) is 0 Å². The molecule has 0 saturated carbocycles. The van der Waals surface area contributed by atoms with E-state index in [1.54, 1.807) is 7.05 Å². The molecule has 0 heterocycles. The maximum Gasteiger partial charge on any atom is 0.223 e. The SMILES string of the molecule is CNC(=O)CCOc1ccccc1[C@@H](C)N. The van der Waals surface area contributed by atoms with Crippen molar-refractivity contribution in [1.82, 2.24) is 5.32 Å². The summed E-state index contributed by atoms with van der Waals surface area (Å²) in [4.78, 5) is 11.0. The van der Waals surface area contributed by atoms with Crippen LogP contribution in [0.1, 0.15) is 24.9 Å². The second-order valence-electron chi connectivity index (χ2n) is 3.60. The standard InChI is InChI=1S/C12H18N2O2/c1-9(13)10-5-3-4-6-11(10)16-8-7-12(15)14-2/h3-6,9H,7-8,13H2,1-2H3,(H,14,15)/t9-/m1/s1. The van der Waals surface area contributed by atoms with Crippen LogP contribution in [-0.4, -0.2) is 19.6 Å². The maximum absolute atomic E-state index is 11.0. The minimum absolute atomic E-state index is 0.0294. The van der Waals surface area contributed by atoms with E-state index in [1.807, 2.05) is 31.2 Å². The normalized spacial score (nSPS) is 11.9. The number of hydrogen-bond donors (Lipinski definition) is 2. The number of carbonyl (C=O) groups is 1. The number of rotatable bonds is 5. The second kappa shape index (κ2) is 6.12. The first kappa shape index (κ1) is 12.5. The Bertz CT molecular complexity index is 351. The van der Waals surface area contributed by atoms with Crippen molar-refractivity contribution in [2.75, 3.05) is 13.7 Å². The summed E-state index contributed by atoms with van der Waals surface area (Å²) in [5.74, 6) is 0.722. The molecule has 0 unspecified atom stereocenters. The molecule has 16 heavy (non-hydrogen) atoms. The molecule has 0 fully saturated rings. The summed E-state index contributed by atoms with van der Waals surface area (Å²) in [5.41, 5.74) is 6.77. The van der Waals surface area contributed by atoms with E-state index < -0.39 is 0 Å². The van der Waals surface area contributed by atoms with Crippen LogP contribution in [0.2, 0.25) is 0 Å². The van der Waals surface area contributed by atoms with Gasteiger partial charge in [-0.15, -0.1) is 0 Å². The lowest BCUT2D eigenvalue weighted by molar-refractivity contribution is -0.121. The van der Waals surface area contributed by atoms with Gasteiger partial charge in [0.05, 0.1) is 13.0 Å². The molecule has 1 aromatic carbocycles. The predicted octanol–water partition coefficient (Wildman–Crippen LogP) is 1.22. The number of nitrogens with one attached hydrogen (secondary N) is 1. The molecule has 1 amide bonds. The third-order valence-corrected chi connectivity index (χ3v) is 2.28. The first-order valence-electron chi connectivity index (χ1n) is 5.33. The molecule has 0 spiro atoms. The van der Waals surface area contributed by atoms with Crippen LogP contribution in [0, 0.1) is 0 Å². The Morgan fingerprint density at radius 3 is 2.81 bits per heavy atom. The molecule has 4 heteroatoms. The summed E-state index contributed by atoms with van der Waals surface area (Å²) >= 11 is 0. The molecule has 0 bridgehead atoms. The van der Waals surface area contributed by atoms with Crippen LogP contribution in [0.3, 0.4) is 0 Å². The van der Waals surface area contributed by atoms with Gasteiger partial charge in [0.1, 0.15) is 5.75 Å². The fraction of sp³-hybridized carbons (Fsp3) is 0.417. The molecule has 0 aliphatic rings. The number of para-hydroxylation sites is 1. The Hall–Kier alpha value is -1.55. The van der Waals surface area contributed by atoms with Crippen LogP contribution < -0.4 is 15.8 Å².